The van der Waals surface area contributed by atoms with E-state index in [1.54, 1.807) is 12.1 Å². The number of halogens is 2. The van der Waals surface area contributed by atoms with Crippen molar-refractivity contribution in [1.82, 2.24) is 19.7 Å². The van der Waals surface area contributed by atoms with Crippen LogP contribution in [0.25, 0.3) is 5.69 Å². The molecule has 0 amide bonds. The van der Waals surface area contributed by atoms with Gasteiger partial charge in [-0.2, -0.15) is 0 Å². The Labute approximate surface area is 178 Å². The molecule has 0 saturated carbocycles. The molecule has 0 radical (unpaired) electrons. The molecule has 1 aliphatic heterocycles. The molecule has 1 aliphatic rings. The molecule has 1 aromatic heterocycles. The molecule has 0 atom stereocenters. The van der Waals surface area contributed by atoms with Crippen LogP contribution in [-0.4, -0.2) is 41.2 Å². The molecule has 31 heavy (non-hydrogen) atoms. The van der Waals surface area contributed by atoms with Crippen molar-refractivity contribution in [1.29, 1.82) is 0 Å². The second-order valence-electron chi connectivity index (χ2n) is 7.31. The van der Waals surface area contributed by atoms with Gasteiger partial charge in [-0.25, -0.2) is 32.0 Å². The third kappa shape index (κ3) is 5.04. The number of hydrogen-bond donors (Lipinski definition) is 1. The topological polar surface area (TPSA) is 94.1 Å². The van der Waals surface area contributed by atoms with E-state index in [1.165, 1.54) is 28.9 Å². The largest absolute Gasteiger partial charge is 0.292 e. The minimum atomic E-state index is -4.03. The highest BCUT2D eigenvalue weighted by molar-refractivity contribution is 7.89. The number of rotatable bonds is 6. The number of benzene rings is 2. The standard InChI is InChI=1S/C21H21F2N5O2S/c22-16-6-4-15(5-7-16)12-21-25-20(14-27-10-2-1-3-11-27)26-28(21)19-9-8-17(13-18(19)23)31(24,29)30/h1-2,4-9,13H,3,10-12,14H2,(H2,24,29,30). The fraction of sp³-hybridized carbons (Fsp3) is 0.238. The molecule has 0 fully saturated rings. The first kappa shape index (κ1) is 21.3. The molecule has 0 aliphatic carbocycles. The maximum atomic E-state index is 14.8. The van der Waals surface area contributed by atoms with Crippen molar-refractivity contribution in [3.05, 3.63) is 83.5 Å². The minimum absolute atomic E-state index is 0.0572. The monoisotopic (exact) mass is 445 g/mol. The Hall–Kier alpha value is -2.95. The third-order valence-corrected chi connectivity index (χ3v) is 5.89. The zero-order valence-electron chi connectivity index (χ0n) is 16.6. The number of primary sulfonamides is 1. The van der Waals surface area contributed by atoms with Crippen molar-refractivity contribution in [2.75, 3.05) is 13.1 Å². The van der Waals surface area contributed by atoms with Gasteiger partial charge in [0.2, 0.25) is 10.0 Å². The molecule has 10 heteroatoms. The van der Waals surface area contributed by atoms with Crippen LogP contribution in [0.1, 0.15) is 23.6 Å². The summed E-state index contributed by atoms with van der Waals surface area (Å²) in [5.74, 6) is -0.170. The SMILES string of the molecule is NS(=O)(=O)c1ccc(-n2nc(CN3CC=CCC3)nc2Cc2ccc(F)cc2)c(F)c1. The predicted octanol–water partition coefficient (Wildman–Crippen LogP) is 2.55. The highest BCUT2D eigenvalue weighted by Gasteiger charge is 2.19. The van der Waals surface area contributed by atoms with Crippen molar-refractivity contribution >= 4 is 10.0 Å². The average Bonchev–Trinajstić information content (AvgIpc) is 3.11. The Morgan fingerprint density at radius 1 is 1.06 bits per heavy atom. The molecule has 2 N–H and O–H groups in total. The van der Waals surface area contributed by atoms with E-state index in [-0.39, 0.29) is 16.4 Å². The van der Waals surface area contributed by atoms with Gasteiger partial charge in [-0.3, -0.25) is 4.90 Å². The van der Waals surface area contributed by atoms with E-state index in [9.17, 15) is 17.2 Å². The first-order chi connectivity index (χ1) is 14.8. The molecule has 0 bridgehead atoms. The van der Waals surface area contributed by atoms with Gasteiger partial charge in [-0.1, -0.05) is 24.3 Å². The van der Waals surface area contributed by atoms with Crippen LogP contribution in [-0.2, 0) is 23.0 Å². The smallest absolute Gasteiger partial charge is 0.238 e. The van der Waals surface area contributed by atoms with Crippen molar-refractivity contribution in [2.45, 2.75) is 24.3 Å². The van der Waals surface area contributed by atoms with Crippen molar-refractivity contribution in [3.63, 3.8) is 0 Å². The number of sulfonamides is 1. The van der Waals surface area contributed by atoms with E-state index in [1.807, 2.05) is 0 Å². The quantitative estimate of drug-likeness (QED) is 0.589. The molecule has 0 spiro atoms. The Balaban J connectivity index is 1.72. The normalized spacial score (nSPS) is 14.8. The van der Waals surface area contributed by atoms with Crippen LogP contribution in [0.2, 0.25) is 0 Å². The molecule has 4 rings (SSSR count). The summed E-state index contributed by atoms with van der Waals surface area (Å²) < 4.78 is 52.5. The molecule has 0 unspecified atom stereocenters. The van der Waals surface area contributed by atoms with Crippen LogP contribution in [0.15, 0.2) is 59.5 Å². The van der Waals surface area contributed by atoms with Crippen molar-refractivity contribution in [2.24, 2.45) is 5.14 Å². The van der Waals surface area contributed by atoms with E-state index in [0.29, 0.717) is 24.6 Å². The van der Waals surface area contributed by atoms with E-state index in [0.717, 1.165) is 31.1 Å². The van der Waals surface area contributed by atoms with Crippen LogP contribution in [0, 0.1) is 11.6 Å². The highest BCUT2D eigenvalue weighted by Crippen LogP contribution is 2.21. The summed E-state index contributed by atoms with van der Waals surface area (Å²) in [4.78, 5) is 6.44. The van der Waals surface area contributed by atoms with Crippen LogP contribution in [0.4, 0.5) is 8.78 Å². The number of nitrogens with two attached hydrogens (primary N) is 1. The van der Waals surface area contributed by atoms with Gasteiger partial charge < -0.3 is 0 Å². The lowest BCUT2D eigenvalue weighted by atomic mass is 10.1. The number of aromatic nitrogens is 3. The third-order valence-electron chi connectivity index (χ3n) is 4.98. The summed E-state index contributed by atoms with van der Waals surface area (Å²) in [5.41, 5.74) is 0.839. The maximum absolute atomic E-state index is 14.8. The summed E-state index contributed by atoms with van der Waals surface area (Å²) in [6, 6.07) is 9.35. The highest BCUT2D eigenvalue weighted by atomic mass is 32.2. The van der Waals surface area contributed by atoms with Gasteiger partial charge in [0.1, 0.15) is 23.1 Å². The van der Waals surface area contributed by atoms with Gasteiger partial charge in [0.15, 0.2) is 5.82 Å². The van der Waals surface area contributed by atoms with Gasteiger partial charge >= 0.3 is 0 Å². The first-order valence-corrected chi connectivity index (χ1v) is 11.2. The van der Waals surface area contributed by atoms with Crippen molar-refractivity contribution in [3.8, 4) is 5.69 Å². The van der Waals surface area contributed by atoms with Gasteiger partial charge in [-0.15, -0.1) is 5.10 Å². The Bertz CT molecular complexity index is 1220. The molecule has 7 nitrogen and oxygen atoms in total. The summed E-state index contributed by atoms with van der Waals surface area (Å²) in [7, 11) is -4.03. The lowest BCUT2D eigenvalue weighted by Gasteiger charge is -2.20. The Kier molecular flexibility index (Phi) is 5.94. The van der Waals surface area contributed by atoms with Crippen LogP contribution in [0.5, 0.6) is 0 Å². The minimum Gasteiger partial charge on any atom is -0.292 e. The molecule has 3 aromatic rings. The molecule has 0 saturated heterocycles. The number of hydrogen-bond acceptors (Lipinski definition) is 5. The predicted molar refractivity (Wildman–Crippen MR) is 111 cm³/mol. The van der Waals surface area contributed by atoms with E-state index in [4.69, 9.17) is 5.14 Å². The van der Waals surface area contributed by atoms with Gasteiger partial charge in [0.05, 0.1) is 11.4 Å². The molecular formula is C21H21F2N5O2S. The van der Waals surface area contributed by atoms with Gasteiger partial charge in [-0.05, 0) is 42.3 Å². The van der Waals surface area contributed by atoms with Crippen LogP contribution < -0.4 is 5.14 Å². The summed E-state index contributed by atoms with van der Waals surface area (Å²) in [6.07, 6.45) is 5.42. The zero-order valence-corrected chi connectivity index (χ0v) is 17.4. The Morgan fingerprint density at radius 2 is 1.84 bits per heavy atom. The fourth-order valence-corrected chi connectivity index (χ4v) is 3.95. The second-order valence-corrected chi connectivity index (χ2v) is 8.87. The van der Waals surface area contributed by atoms with E-state index < -0.39 is 15.8 Å². The first-order valence-electron chi connectivity index (χ1n) is 9.69. The lowest BCUT2D eigenvalue weighted by molar-refractivity contribution is 0.283. The molecule has 162 valence electrons. The van der Waals surface area contributed by atoms with Crippen LogP contribution >= 0.6 is 0 Å². The van der Waals surface area contributed by atoms with Gasteiger partial charge in [0.25, 0.3) is 0 Å². The van der Waals surface area contributed by atoms with Crippen molar-refractivity contribution < 1.29 is 17.2 Å². The maximum Gasteiger partial charge on any atom is 0.238 e. The summed E-state index contributed by atoms with van der Waals surface area (Å²) >= 11 is 0. The van der Waals surface area contributed by atoms with Crippen LogP contribution in [0.3, 0.4) is 0 Å². The molecule has 2 aromatic carbocycles. The number of nitrogens with zero attached hydrogens (tertiary/aromatic N) is 4. The zero-order chi connectivity index (χ0) is 22.0. The van der Waals surface area contributed by atoms with E-state index in [2.05, 4.69) is 27.1 Å². The second kappa shape index (κ2) is 8.66. The summed E-state index contributed by atoms with van der Waals surface area (Å²) in [6.45, 7) is 2.14. The average molecular weight is 445 g/mol. The van der Waals surface area contributed by atoms with E-state index >= 15 is 0 Å². The lowest BCUT2D eigenvalue weighted by Crippen LogP contribution is -2.27. The fourth-order valence-electron chi connectivity index (χ4n) is 3.42. The Morgan fingerprint density at radius 3 is 2.48 bits per heavy atom. The van der Waals surface area contributed by atoms with Gasteiger partial charge in [0, 0.05) is 19.5 Å². The summed E-state index contributed by atoms with van der Waals surface area (Å²) in [5, 5.41) is 9.58. The molecular weight excluding hydrogens is 424 g/mol. The molecule has 2 heterocycles.